The fourth-order valence-corrected chi connectivity index (χ4v) is 12.3. The summed E-state index contributed by atoms with van der Waals surface area (Å²) < 4.78 is 43.3. The molecule has 5 amide bonds. The number of amides is 5. The molecule has 0 radical (unpaired) electrons. The van der Waals surface area contributed by atoms with E-state index in [-0.39, 0.29) is 94.4 Å². The number of aryl methyl sites for hydroxylation is 1. The van der Waals surface area contributed by atoms with Gasteiger partial charge in [-0.15, -0.1) is 0 Å². The topological polar surface area (TPSA) is 270 Å². The van der Waals surface area contributed by atoms with E-state index in [0.29, 0.717) is 56.9 Å². The number of fused-ring (bicyclic) bond motifs is 7. The first kappa shape index (κ1) is 67.9. The van der Waals surface area contributed by atoms with Crippen LogP contribution in [0, 0.1) is 0 Å². The number of esters is 1. The molecule has 4 N–H and O–H groups in total. The molecule has 1 aromatic heterocycles. The molecule has 25 heteroatoms. The largest absolute Gasteiger partial charge is 0.495 e. The van der Waals surface area contributed by atoms with Crippen LogP contribution in [0.2, 0.25) is 5.02 Å². The number of ether oxygens (including phenoxy) is 7. The van der Waals surface area contributed by atoms with Crippen molar-refractivity contribution in [3.63, 3.8) is 0 Å². The number of carbonyl (C=O) groups is 7. The minimum atomic E-state index is -1.93. The highest BCUT2D eigenvalue weighted by atomic mass is 35.5. The molecule has 3 aromatic rings. The summed E-state index contributed by atoms with van der Waals surface area (Å²) in [6, 6.07) is 12.3. The van der Waals surface area contributed by atoms with Crippen LogP contribution in [-0.4, -0.2) is 212 Å². The van der Waals surface area contributed by atoms with Gasteiger partial charge in [-0.05, 0) is 89.2 Å². The van der Waals surface area contributed by atoms with Crippen molar-refractivity contribution in [1.29, 1.82) is 0 Å². The van der Waals surface area contributed by atoms with Crippen LogP contribution in [0.5, 0.6) is 5.75 Å². The Labute approximate surface area is 513 Å². The average molecular weight is 1240 g/mol. The number of methoxy groups -OCH3 is 2. The maximum Gasteiger partial charge on any atom is 0.409 e. The van der Waals surface area contributed by atoms with E-state index in [4.69, 9.17) is 49.9 Å². The lowest BCUT2D eigenvalue weighted by molar-refractivity contribution is -0.328. The second-order valence-corrected chi connectivity index (χ2v) is 23.8. The number of halogens is 1. The predicted octanol–water partition coefficient (Wildman–Crippen LogP) is 5.38. The number of benzene rings is 2. The number of carbonyl (C=O) groups excluding carboxylic acids is 6. The normalized spacial score (nSPS) is 24.9. The molecule has 7 atom stereocenters. The van der Waals surface area contributed by atoms with Crippen LogP contribution in [0.3, 0.4) is 0 Å². The second kappa shape index (κ2) is 30.0. The first-order chi connectivity index (χ1) is 41.3. The van der Waals surface area contributed by atoms with E-state index >= 15 is 0 Å². The number of hydrogen-bond donors (Lipinski definition) is 4. The standard InChI is InChI=1S/C62H87ClN8O16/c1-40-14-13-17-49(82-10)62(80)37-51(86-59(79)65-62)61(4)39-60(3,87-61)50(36-55(75)68(8)47-33-42(32-40)34-48(81-9)57(47)63)85-58(78)41(2)67(7)52(72)18-19-54(74)71(27-29-84-31-30-83-28-23-56(76)77)44-20-24-69(25-21-44)53(73)22-26-70-45(38-66(6)64-5)35-43-15-11-12-16-46(43)70/h11-17,33-35,41,44,49-51,64,80H,18-32,36-39H2,1-10H3,(H,65,79)(H,76,77)/b17-13+,40-14+/t41-,49+,50-,51-,60+,61?,62-/m0/s1. The Morgan fingerprint density at radius 2 is 1.63 bits per heavy atom. The number of carboxylic acids is 1. The van der Waals surface area contributed by atoms with Gasteiger partial charge in [0.05, 0.1) is 58.6 Å². The molecule has 0 spiro atoms. The van der Waals surface area contributed by atoms with Crippen LogP contribution in [0.25, 0.3) is 10.9 Å². The van der Waals surface area contributed by atoms with Gasteiger partial charge >= 0.3 is 18.0 Å². The molecule has 6 bridgehead atoms. The number of nitrogens with one attached hydrogen (secondary N) is 2. The van der Waals surface area contributed by atoms with Gasteiger partial charge in [0.1, 0.15) is 46.3 Å². The Bertz CT molecular complexity index is 3010. The fraction of sp³-hybridized carbons (Fsp3) is 0.597. The molecule has 3 saturated heterocycles. The molecule has 5 aliphatic heterocycles. The number of aliphatic hydroxyl groups is 1. The number of hydrogen-bond acceptors (Lipinski definition) is 17. The Morgan fingerprint density at radius 1 is 0.943 bits per heavy atom. The molecule has 2 aromatic carbocycles. The Kier molecular flexibility index (Phi) is 23.4. The first-order valence-corrected chi connectivity index (χ1v) is 30.0. The maximum absolute atomic E-state index is 14.5. The molecule has 87 heavy (non-hydrogen) atoms. The summed E-state index contributed by atoms with van der Waals surface area (Å²) >= 11 is 6.87. The molecule has 0 aliphatic carbocycles. The number of likely N-dealkylation sites (tertiary alicyclic amines) is 1. The molecular weight excluding hydrogens is 1150 g/mol. The van der Waals surface area contributed by atoms with Crippen LogP contribution in [0.1, 0.15) is 96.7 Å². The van der Waals surface area contributed by atoms with Gasteiger partial charge in [-0.2, -0.15) is 0 Å². The molecule has 478 valence electrons. The third-order valence-electron chi connectivity index (χ3n) is 17.1. The summed E-state index contributed by atoms with van der Waals surface area (Å²) in [5.41, 5.74) is 2.66. The van der Waals surface area contributed by atoms with Gasteiger partial charge in [0.25, 0.3) is 0 Å². The summed E-state index contributed by atoms with van der Waals surface area (Å²) in [5.74, 6) is -2.90. The van der Waals surface area contributed by atoms with E-state index in [1.807, 2.05) is 49.1 Å². The lowest BCUT2D eigenvalue weighted by atomic mass is 9.72. The summed E-state index contributed by atoms with van der Waals surface area (Å²) in [4.78, 5) is 101. The zero-order valence-corrected chi connectivity index (χ0v) is 52.5. The van der Waals surface area contributed by atoms with Crippen LogP contribution < -0.4 is 20.4 Å². The number of allylic oxidation sites excluding steroid dienone is 3. The monoisotopic (exact) mass is 1230 g/mol. The van der Waals surface area contributed by atoms with Crippen LogP contribution in [0.4, 0.5) is 10.5 Å². The van der Waals surface area contributed by atoms with Crippen molar-refractivity contribution in [2.24, 2.45) is 0 Å². The summed E-state index contributed by atoms with van der Waals surface area (Å²) in [5, 5.41) is 26.7. The third-order valence-corrected chi connectivity index (χ3v) is 17.5. The Morgan fingerprint density at radius 3 is 2.31 bits per heavy atom. The first-order valence-electron chi connectivity index (χ1n) is 29.6. The molecule has 6 heterocycles. The predicted molar refractivity (Wildman–Crippen MR) is 323 cm³/mol. The van der Waals surface area contributed by atoms with Crippen molar-refractivity contribution in [3.8, 4) is 5.75 Å². The minimum absolute atomic E-state index is 0.00110. The van der Waals surface area contributed by atoms with Crippen molar-refractivity contribution in [1.82, 2.24) is 35.0 Å². The highest BCUT2D eigenvalue weighted by Crippen LogP contribution is 2.51. The lowest BCUT2D eigenvalue weighted by Crippen LogP contribution is -2.72. The summed E-state index contributed by atoms with van der Waals surface area (Å²) in [6.45, 7) is 9.33. The molecular formula is C62H87ClN8O16. The number of likely N-dealkylation sites (N-methyl/N-ethyl adjacent to an activating group) is 1. The summed E-state index contributed by atoms with van der Waals surface area (Å²) in [7, 11) is 9.65. The second-order valence-electron chi connectivity index (χ2n) is 23.4. The molecule has 5 aliphatic rings. The SMILES string of the molecule is CNN(C)Cc1cc2ccccc2n1CCC(=O)N1CCC(N(CCOCCOCCC(=O)O)C(=O)CCC(=O)N(C)[C@@H](C)C(=O)O[C@H]2CC(=O)N(C)c3cc(cc(OC)c3Cl)C/C(C)=C/C=C/[C@@H](OC)[C@@]3(O)C[C@H](OC(=O)N3)C3(C)C[C@@]2(C)O3)CC1. The fourth-order valence-electron chi connectivity index (χ4n) is 12.0. The molecule has 24 nitrogen and oxygen atoms in total. The van der Waals surface area contributed by atoms with E-state index < -0.39 is 77.5 Å². The van der Waals surface area contributed by atoms with E-state index in [1.165, 1.54) is 38.0 Å². The van der Waals surface area contributed by atoms with E-state index in [1.54, 1.807) is 50.1 Å². The smallest absolute Gasteiger partial charge is 0.409 e. The summed E-state index contributed by atoms with van der Waals surface area (Å²) in [6.07, 6.45) is 1.44. The number of rotatable bonds is 24. The van der Waals surface area contributed by atoms with Gasteiger partial charge in [0.2, 0.25) is 23.6 Å². The van der Waals surface area contributed by atoms with Gasteiger partial charge < -0.3 is 67.5 Å². The molecule has 0 saturated carbocycles. The Balaban J connectivity index is 1.03. The van der Waals surface area contributed by atoms with E-state index in [9.17, 15) is 38.7 Å². The number of para-hydroxylation sites is 1. The van der Waals surface area contributed by atoms with Crippen molar-refractivity contribution < 1.29 is 76.9 Å². The maximum atomic E-state index is 14.5. The van der Waals surface area contributed by atoms with Crippen LogP contribution in [0.15, 0.2) is 66.3 Å². The number of alkyl carbamates (subject to hydrolysis) is 1. The lowest BCUT2D eigenvalue weighted by Gasteiger charge is -2.59. The Hall–Kier alpha value is -6.64. The highest BCUT2D eigenvalue weighted by Gasteiger charge is 2.63. The zero-order valence-electron chi connectivity index (χ0n) is 51.8. The average Bonchev–Trinajstić information content (AvgIpc) is 1.37. The highest BCUT2D eigenvalue weighted by molar-refractivity contribution is 6.35. The van der Waals surface area contributed by atoms with Gasteiger partial charge in [-0.3, -0.25) is 34.7 Å². The van der Waals surface area contributed by atoms with Crippen LogP contribution in [-0.2, 0) is 76.7 Å². The number of carboxylic acid groups (broad SMARTS) is 1. The number of nitrogens with zero attached hydrogens (tertiary/aromatic N) is 6. The van der Waals surface area contributed by atoms with Gasteiger partial charge in [-0.1, -0.05) is 53.6 Å². The minimum Gasteiger partial charge on any atom is -0.495 e. The van der Waals surface area contributed by atoms with Crippen molar-refractivity contribution >= 4 is 69.9 Å². The molecule has 8 rings (SSSR count). The number of aliphatic carboxylic acids is 1. The van der Waals surface area contributed by atoms with Gasteiger partial charge in [0, 0.05) is 104 Å². The number of aromatic nitrogens is 1. The zero-order chi connectivity index (χ0) is 63.4. The molecule has 1 unspecified atom stereocenters. The van der Waals surface area contributed by atoms with Crippen molar-refractivity contribution in [3.05, 3.63) is 82.5 Å². The quantitative estimate of drug-likeness (QED) is 0.0498. The molecule has 3 fully saturated rings. The number of anilines is 1. The van der Waals surface area contributed by atoms with Gasteiger partial charge in [-0.25, -0.2) is 14.6 Å². The van der Waals surface area contributed by atoms with Crippen molar-refractivity contribution in [2.45, 2.75) is 152 Å². The van der Waals surface area contributed by atoms with Crippen molar-refractivity contribution in [2.75, 3.05) is 93.4 Å². The van der Waals surface area contributed by atoms with E-state index in [2.05, 4.69) is 33.5 Å². The third kappa shape index (κ3) is 17.0. The number of hydrazine groups is 1. The van der Waals surface area contributed by atoms with Crippen LogP contribution >= 0.6 is 11.6 Å². The van der Waals surface area contributed by atoms with Gasteiger partial charge in [0.15, 0.2) is 5.72 Å². The van der Waals surface area contributed by atoms with E-state index in [0.717, 1.165) is 27.7 Å². The number of piperidine rings is 1.